The van der Waals surface area contributed by atoms with Gasteiger partial charge in [0.05, 0.1) is 5.02 Å². The lowest BCUT2D eigenvalue weighted by Gasteiger charge is -2.00. The Hall–Kier alpha value is -0.960. The second kappa shape index (κ2) is 2.83. The Morgan fingerprint density at radius 3 is 2.67 bits per heavy atom. The van der Waals surface area contributed by atoms with E-state index in [1.807, 2.05) is 0 Å². The van der Waals surface area contributed by atoms with Crippen LogP contribution in [-0.4, -0.2) is 6.79 Å². The molecule has 0 N–H and O–H groups in total. The first-order valence-electron chi connectivity index (χ1n) is 3.45. The predicted octanol–water partition coefficient (Wildman–Crippen LogP) is 2.54. The van der Waals surface area contributed by atoms with Crippen LogP contribution < -0.4 is 9.47 Å². The van der Waals surface area contributed by atoms with E-state index in [4.69, 9.17) is 21.1 Å². The zero-order valence-corrected chi connectivity index (χ0v) is 6.90. The van der Waals surface area contributed by atoms with Gasteiger partial charge in [-0.2, -0.15) is 0 Å². The van der Waals surface area contributed by atoms with Gasteiger partial charge in [0, 0.05) is 11.6 Å². The molecule has 0 bridgehead atoms. The third-order valence-corrected chi connectivity index (χ3v) is 2.04. The van der Waals surface area contributed by atoms with Gasteiger partial charge in [0.1, 0.15) is 6.67 Å². The lowest BCUT2D eigenvalue weighted by molar-refractivity contribution is 0.174. The van der Waals surface area contributed by atoms with Crippen molar-refractivity contribution in [2.45, 2.75) is 6.67 Å². The third-order valence-electron chi connectivity index (χ3n) is 1.69. The van der Waals surface area contributed by atoms with E-state index in [0.29, 0.717) is 22.1 Å². The molecule has 0 aromatic heterocycles. The van der Waals surface area contributed by atoms with Crippen molar-refractivity contribution in [1.29, 1.82) is 0 Å². The second-order valence-corrected chi connectivity index (χ2v) is 2.84. The Labute approximate surface area is 73.9 Å². The zero-order valence-electron chi connectivity index (χ0n) is 6.14. The average Bonchev–Trinajstić information content (AvgIpc) is 2.49. The van der Waals surface area contributed by atoms with E-state index in [9.17, 15) is 4.39 Å². The molecule has 0 fully saturated rings. The van der Waals surface area contributed by atoms with Crippen LogP contribution in [0, 0.1) is 0 Å². The summed E-state index contributed by atoms with van der Waals surface area (Å²) in [7, 11) is 0. The Balaban J connectivity index is 2.49. The van der Waals surface area contributed by atoms with Crippen molar-refractivity contribution in [2.24, 2.45) is 0 Å². The van der Waals surface area contributed by atoms with E-state index in [-0.39, 0.29) is 6.79 Å². The minimum atomic E-state index is -0.588. The molecule has 1 aliphatic rings. The fraction of sp³-hybridized carbons (Fsp3) is 0.250. The molecule has 0 aliphatic carbocycles. The van der Waals surface area contributed by atoms with Gasteiger partial charge in [-0.3, -0.25) is 0 Å². The number of hydrogen-bond acceptors (Lipinski definition) is 2. The third kappa shape index (κ3) is 1.10. The highest BCUT2D eigenvalue weighted by atomic mass is 35.5. The molecule has 2 rings (SSSR count). The van der Waals surface area contributed by atoms with Crippen molar-refractivity contribution >= 4 is 11.6 Å². The van der Waals surface area contributed by atoms with E-state index >= 15 is 0 Å². The molecule has 0 spiro atoms. The first-order chi connectivity index (χ1) is 5.81. The molecule has 1 aromatic rings. The van der Waals surface area contributed by atoms with Crippen LogP contribution in [0.2, 0.25) is 5.02 Å². The van der Waals surface area contributed by atoms with Crippen molar-refractivity contribution in [3.05, 3.63) is 22.7 Å². The lowest BCUT2D eigenvalue weighted by Crippen LogP contribution is -1.92. The normalized spacial score (nSPS) is 13.5. The lowest BCUT2D eigenvalue weighted by atomic mass is 10.2. The summed E-state index contributed by atoms with van der Waals surface area (Å²) in [5, 5.41) is 0.377. The van der Waals surface area contributed by atoms with Crippen molar-refractivity contribution in [3.8, 4) is 11.5 Å². The molecule has 4 heteroatoms. The molecular weight excluding hydrogens is 183 g/mol. The summed E-state index contributed by atoms with van der Waals surface area (Å²) in [6, 6.07) is 3.13. The maximum atomic E-state index is 12.3. The molecule has 0 atom stereocenters. The van der Waals surface area contributed by atoms with Crippen LogP contribution in [-0.2, 0) is 6.67 Å². The summed E-state index contributed by atoms with van der Waals surface area (Å²) in [4.78, 5) is 0. The summed E-state index contributed by atoms with van der Waals surface area (Å²) >= 11 is 5.73. The molecule has 1 aromatic carbocycles. The predicted molar refractivity (Wildman–Crippen MR) is 42.4 cm³/mol. The maximum absolute atomic E-state index is 12.3. The summed E-state index contributed by atoms with van der Waals surface area (Å²) < 4.78 is 22.4. The summed E-state index contributed by atoms with van der Waals surface area (Å²) in [5.41, 5.74) is 0.431. The number of fused-ring (bicyclic) bond motifs is 1. The number of hydrogen-bond donors (Lipinski definition) is 0. The van der Waals surface area contributed by atoms with Crippen molar-refractivity contribution in [3.63, 3.8) is 0 Å². The van der Waals surface area contributed by atoms with E-state index in [1.54, 1.807) is 12.1 Å². The van der Waals surface area contributed by atoms with Crippen LogP contribution in [0.1, 0.15) is 5.56 Å². The number of alkyl halides is 1. The minimum absolute atomic E-state index is 0.182. The largest absolute Gasteiger partial charge is 0.454 e. The summed E-state index contributed by atoms with van der Waals surface area (Å²) in [6.45, 7) is -0.406. The Morgan fingerprint density at radius 2 is 2.00 bits per heavy atom. The molecule has 1 aliphatic heterocycles. The number of ether oxygens (including phenoxy) is 2. The van der Waals surface area contributed by atoms with Gasteiger partial charge in [-0.1, -0.05) is 11.6 Å². The molecule has 0 saturated heterocycles. The highest BCUT2D eigenvalue weighted by Gasteiger charge is 2.15. The van der Waals surface area contributed by atoms with Crippen molar-refractivity contribution in [2.75, 3.05) is 6.79 Å². The van der Waals surface area contributed by atoms with Gasteiger partial charge in [0.2, 0.25) is 6.79 Å². The smallest absolute Gasteiger partial charge is 0.231 e. The van der Waals surface area contributed by atoms with Crippen LogP contribution in [0.25, 0.3) is 0 Å². The van der Waals surface area contributed by atoms with E-state index < -0.39 is 6.67 Å². The molecular formula is C8H6ClFO2. The van der Waals surface area contributed by atoms with Gasteiger partial charge in [0.15, 0.2) is 11.5 Å². The Kier molecular flexibility index (Phi) is 1.81. The fourth-order valence-electron chi connectivity index (χ4n) is 1.06. The van der Waals surface area contributed by atoms with E-state index in [1.165, 1.54) is 0 Å². The number of benzene rings is 1. The molecule has 0 radical (unpaired) electrons. The molecule has 0 amide bonds. The number of halogens is 2. The summed E-state index contributed by atoms with van der Waals surface area (Å²) in [5.74, 6) is 1.14. The monoisotopic (exact) mass is 188 g/mol. The quantitative estimate of drug-likeness (QED) is 0.674. The van der Waals surface area contributed by atoms with E-state index in [0.717, 1.165) is 0 Å². The fourth-order valence-corrected chi connectivity index (χ4v) is 1.27. The van der Waals surface area contributed by atoms with Crippen LogP contribution in [0.3, 0.4) is 0 Å². The molecule has 2 nitrogen and oxygen atoms in total. The SMILES string of the molecule is FCc1cc2c(cc1Cl)OCO2. The molecule has 0 unspecified atom stereocenters. The summed E-state index contributed by atoms with van der Waals surface area (Å²) in [6.07, 6.45) is 0. The molecule has 0 saturated carbocycles. The zero-order chi connectivity index (χ0) is 8.55. The topological polar surface area (TPSA) is 18.5 Å². The van der Waals surface area contributed by atoms with Gasteiger partial charge in [-0.25, -0.2) is 4.39 Å². The highest BCUT2D eigenvalue weighted by molar-refractivity contribution is 6.31. The van der Waals surface area contributed by atoms with Gasteiger partial charge < -0.3 is 9.47 Å². The minimum Gasteiger partial charge on any atom is -0.454 e. The maximum Gasteiger partial charge on any atom is 0.231 e. The van der Waals surface area contributed by atoms with Crippen molar-refractivity contribution in [1.82, 2.24) is 0 Å². The van der Waals surface area contributed by atoms with Crippen LogP contribution >= 0.6 is 11.6 Å². The number of rotatable bonds is 1. The molecule has 64 valence electrons. The molecule has 1 heterocycles. The highest BCUT2D eigenvalue weighted by Crippen LogP contribution is 2.36. The van der Waals surface area contributed by atoms with Gasteiger partial charge in [-0.15, -0.1) is 0 Å². The van der Waals surface area contributed by atoms with E-state index in [2.05, 4.69) is 0 Å². The first-order valence-corrected chi connectivity index (χ1v) is 3.83. The van der Waals surface area contributed by atoms with Crippen LogP contribution in [0.5, 0.6) is 11.5 Å². The standard InChI is InChI=1S/C8H6ClFO2/c9-6-2-8-7(11-4-12-8)1-5(6)3-10/h1-2H,3-4H2. The van der Waals surface area contributed by atoms with Gasteiger partial charge in [0.25, 0.3) is 0 Å². The average molecular weight is 189 g/mol. The second-order valence-electron chi connectivity index (χ2n) is 2.43. The van der Waals surface area contributed by atoms with Crippen LogP contribution in [0.15, 0.2) is 12.1 Å². The van der Waals surface area contributed by atoms with Gasteiger partial charge >= 0.3 is 0 Å². The molecule has 12 heavy (non-hydrogen) atoms. The van der Waals surface area contributed by atoms with Crippen molar-refractivity contribution < 1.29 is 13.9 Å². The Morgan fingerprint density at radius 1 is 1.33 bits per heavy atom. The Bertz CT molecular complexity index is 313. The first kappa shape index (κ1) is 7.68. The van der Waals surface area contributed by atoms with Crippen LogP contribution in [0.4, 0.5) is 4.39 Å². The van der Waals surface area contributed by atoms with Gasteiger partial charge in [-0.05, 0) is 6.07 Å².